The molecular formula is C12H20N4O. The Kier molecular flexibility index (Phi) is 4.14. The predicted octanol–water partition coefficient (Wildman–Crippen LogP) is 1.52. The fourth-order valence-electron chi connectivity index (χ4n) is 2.05. The number of nitrogens with zero attached hydrogens (tertiary/aromatic N) is 3. The van der Waals surface area contributed by atoms with Crippen LogP contribution in [0.3, 0.4) is 0 Å². The molecule has 94 valence electrons. The number of rotatable bonds is 4. The average molecular weight is 236 g/mol. The van der Waals surface area contributed by atoms with Crippen molar-refractivity contribution in [2.75, 3.05) is 37.0 Å². The van der Waals surface area contributed by atoms with Gasteiger partial charge in [0.1, 0.15) is 5.82 Å². The molecule has 1 aromatic heterocycles. The Morgan fingerprint density at radius 1 is 1.47 bits per heavy atom. The van der Waals surface area contributed by atoms with Gasteiger partial charge < -0.3 is 15.0 Å². The summed E-state index contributed by atoms with van der Waals surface area (Å²) in [5.41, 5.74) is 0. The van der Waals surface area contributed by atoms with Gasteiger partial charge in [-0.05, 0) is 25.8 Å². The molecule has 0 aromatic carbocycles. The molecule has 0 amide bonds. The van der Waals surface area contributed by atoms with E-state index in [0.29, 0.717) is 12.0 Å². The number of aromatic nitrogens is 2. The van der Waals surface area contributed by atoms with Crippen molar-refractivity contribution in [3.8, 4) is 0 Å². The van der Waals surface area contributed by atoms with Gasteiger partial charge in [0.2, 0.25) is 5.95 Å². The van der Waals surface area contributed by atoms with Crippen molar-refractivity contribution < 1.29 is 4.74 Å². The molecule has 0 saturated carbocycles. The summed E-state index contributed by atoms with van der Waals surface area (Å²) in [6.07, 6.45) is 3.93. The van der Waals surface area contributed by atoms with Gasteiger partial charge in [-0.1, -0.05) is 0 Å². The maximum atomic E-state index is 5.38. The van der Waals surface area contributed by atoms with Crippen LogP contribution in [0.15, 0.2) is 12.3 Å². The SMILES string of the molecule is CCNc1nccc(N(C)C2CCOCC2)n1. The first-order chi connectivity index (χ1) is 8.31. The zero-order valence-electron chi connectivity index (χ0n) is 10.5. The predicted molar refractivity (Wildman–Crippen MR) is 68.4 cm³/mol. The van der Waals surface area contributed by atoms with Crippen molar-refractivity contribution in [1.82, 2.24) is 9.97 Å². The van der Waals surface area contributed by atoms with E-state index in [1.165, 1.54) is 0 Å². The quantitative estimate of drug-likeness (QED) is 0.859. The Morgan fingerprint density at radius 2 is 2.24 bits per heavy atom. The first-order valence-corrected chi connectivity index (χ1v) is 6.18. The van der Waals surface area contributed by atoms with Gasteiger partial charge in [0.05, 0.1) is 0 Å². The molecule has 1 aromatic rings. The van der Waals surface area contributed by atoms with E-state index in [2.05, 4.69) is 27.2 Å². The molecule has 0 atom stereocenters. The molecule has 1 saturated heterocycles. The van der Waals surface area contributed by atoms with Crippen molar-refractivity contribution >= 4 is 11.8 Å². The van der Waals surface area contributed by atoms with Crippen molar-refractivity contribution in [1.29, 1.82) is 0 Å². The molecule has 0 unspecified atom stereocenters. The van der Waals surface area contributed by atoms with Gasteiger partial charge in [-0.2, -0.15) is 4.98 Å². The zero-order chi connectivity index (χ0) is 12.1. The van der Waals surface area contributed by atoms with E-state index in [4.69, 9.17) is 4.74 Å². The molecule has 1 N–H and O–H groups in total. The maximum absolute atomic E-state index is 5.38. The fraction of sp³-hybridized carbons (Fsp3) is 0.667. The Morgan fingerprint density at radius 3 is 2.94 bits per heavy atom. The molecule has 17 heavy (non-hydrogen) atoms. The lowest BCUT2D eigenvalue weighted by Gasteiger charge is -2.32. The minimum atomic E-state index is 0.521. The Hall–Kier alpha value is -1.36. The normalized spacial score (nSPS) is 16.8. The largest absolute Gasteiger partial charge is 0.381 e. The maximum Gasteiger partial charge on any atom is 0.224 e. The molecule has 2 rings (SSSR count). The Labute approximate surface area is 102 Å². The third-order valence-electron chi connectivity index (χ3n) is 3.08. The van der Waals surface area contributed by atoms with Crippen LogP contribution in [-0.4, -0.2) is 42.8 Å². The van der Waals surface area contributed by atoms with Gasteiger partial charge >= 0.3 is 0 Å². The van der Waals surface area contributed by atoms with Gasteiger partial charge in [0.15, 0.2) is 0 Å². The van der Waals surface area contributed by atoms with E-state index in [9.17, 15) is 0 Å². The molecule has 2 heterocycles. The summed E-state index contributed by atoms with van der Waals surface area (Å²) < 4.78 is 5.38. The highest BCUT2D eigenvalue weighted by atomic mass is 16.5. The number of nitrogens with one attached hydrogen (secondary N) is 1. The van der Waals surface area contributed by atoms with Gasteiger partial charge in [-0.15, -0.1) is 0 Å². The van der Waals surface area contributed by atoms with E-state index in [-0.39, 0.29) is 0 Å². The third kappa shape index (κ3) is 3.06. The third-order valence-corrected chi connectivity index (χ3v) is 3.08. The zero-order valence-corrected chi connectivity index (χ0v) is 10.5. The van der Waals surface area contributed by atoms with Crippen LogP contribution in [0.5, 0.6) is 0 Å². The lowest BCUT2D eigenvalue weighted by molar-refractivity contribution is 0.0853. The minimum absolute atomic E-state index is 0.521. The van der Waals surface area contributed by atoms with Crippen molar-refractivity contribution in [3.63, 3.8) is 0 Å². The van der Waals surface area contributed by atoms with Gasteiger partial charge in [-0.25, -0.2) is 4.98 Å². The van der Waals surface area contributed by atoms with Crippen molar-refractivity contribution in [2.45, 2.75) is 25.8 Å². The number of anilines is 2. The van der Waals surface area contributed by atoms with Crippen LogP contribution < -0.4 is 10.2 Å². The summed E-state index contributed by atoms with van der Waals surface area (Å²) in [6, 6.07) is 2.48. The molecule has 0 aliphatic carbocycles. The topological polar surface area (TPSA) is 50.3 Å². The van der Waals surface area contributed by atoms with Crippen molar-refractivity contribution in [2.24, 2.45) is 0 Å². The molecular weight excluding hydrogens is 216 g/mol. The van der Waals surface area contributed by atoms with Crippen LogP contribution in [-0.2, 0) is 4.74 Å². The number of hydrogen-bond acceptors (Lipinski definition) is 5. The lowest BCUT2D eigenvalue weighted by atomic mass is 10.1. The van der Waals surface area contributed by atoms with Gasteiger partial charge in [0, 0.05) is 39.0 Å². The Bertz CT molecular complexity index is 352. The number of hydrogen-bond donors (Lipinski definition) is 1. The van der Waals surface area contributed by atoms with E-state index in [1.807, 2.05) is 13.0 Å². The molecule has 1 fully saturated rings. The standard InChI is InChI=1S/C12H20N4O/c1-3-13-12-14-7-4-11(15-12)16(2)10-5-8-17-9-6-10/h4,7,10H,3,5-6,8-9H2,1-2H3,(H,13,14,15). The van der Waals surface area contributed by atoms with E-state index in [0.717, 1.165) is 38.4 Å². The van der Waals surface area contributed by atoms with Crippen molar-refractivity contribution in [3.05, 3.63) is 12.3 Å². The van der Waals surface area contributed by atoms with Gasteiger partial charge in [0.25, 0.3) is 0 Å². The summed E-state index contributed by atoms with van der Waals surface area (Å²) in [6.45, 7) is 4.57. The Balaban J connectivity index is 2.06. The lowest BCUT2D eigenvalue weighted by Crippen LogP contribution is -2.37. The van der Waals surface area contributed by atoms with Crippen LogP contribution in [0, 0.1) is 0 Å². The first kappa shape index (κ1) is 12.1. The van der Waals surface area contributed by atoms with Crippen LogP contribution in [0.25, 0.3) is 0 Å². The fourth-order valence-corrected chi connectivity index (χ4v) is 2.05. The molecule has 0 radical (unpaired) electrons. The van der Waals surface area contributed by atoms with Crippen LogP contribution in [0.2, 0.25) is 0 Å². The van der Waals surface area contributed by atoms with E-state index < -0.39 is 0 Å². The second-order valence-corrected chi connectivity index (χ2v) is 4.22. The molecule has 0 bridgehead atoms. The molecule has 1 aliphatic rings. The summed E-state index contributed by atoms with van der Waals surface area (Å²) in [7, 11) is 2.09. The monoisotopic (exact) mass is 236 g/mol. The number of ether oxygens (including phenoxy) is 1. The van der Waals surface area contributed by atoms with E-state index >= 15 is 0 Å². The average Bonchev–Trinajstić information content (AvgIpc) is 2.40. The minimum Gasteiger partial charge on any atom is -0.381 e. The van der Waals surface area contributed by atoms with Crippen LogP contribution in [0.4, 0.5) is 11.8 Å². The second kappa shape index (κ2) is 5.82. The van der Waals surface area contributed by atoms with Crippen LogP contribution in [0.1, 0.15) is 19.8 Å². The second-order valence-electron chi connectivity index (χ2n) is 4.22. The first-order valence-electron chi connectivity index (χ1n) is 6.18. The summed E-state index contributed by atoms with van der Waals surface area (Å²) in [5, 5.41) is 3.13. The highest BCUT2D eigenvalue weighted by Gasteiger charge is 2.19. The van der Waals surface area contributed by atoms with E-state index in [1.54, 1.807) is 6.20 Å². The summed E-state index contributed by atoms with van der Waals surface area (Å²) in [4.78, 5) is 10.9. The van der Waals surface area contributed by atoms with Crippen LogP contribution >= 0.6 is 0 Å². The molecule has 5 heteroatoms. The highest BCUT2D eigenvalue weighted by Crippen LogP contribution is 2.19. The molecule has 5 nitrogen and oxygen atoms in total. The summed E-state index contributed by atoms with van der Waals surface area (Å²) in [5.74, 6) is 1.67. The van der Waals surface area contributed by atoms with Gasteiger partial charge in [-0.3, -0.25) is 0 Å². The smallest absolute Gasteiger partial charge is 0.224 e. The molecule has 1 aliphatic heterocycles. The highest BCUT2D eigenvalue weighted by molar-refractivity contribution is 5.42. The summed E-state index contributed by atoms with van der Waals surface area (Å²) >= 11 is 0. The molecule has 0 spiro atoms.